The van der Waals surface area contributed by atoms with Crippen molar-refractivity contribution >= 4 is 23.3 Å². The molecule has 0 saturated carbocycles. The summed E-state index contributed by atoms with van der Waals surface area (Å²) in [5.41, 5.74) is 3.43. The summed E-state index contributed by atoms with van der Waals surface area (Å²) in [5, 5.41) is 12.6. The number of piperazine rings is 1. The topological polar surface area (TPSA) is 77.4 Å². The van der Waals surface area contributed by atoms with Crippen LogP contribution in [0.15, 0.2) is 83.9 Å². The molecule has 1 fully saturated rings. The summed E-state index contributed by atoms with van der Waals surface area (Å²) in [6, 6.07) is 25.2. The number of anilines is 2. The molecule has 3 aromatic rings. The fourth-order valence-corrected chi connectivity index (χ4v) is 4.03. The van der Waals surface area contributed by atoms with Crippen LogP contribution in [0.4, 0.5) is 11.4 Å². The number of aromatic carboxylic acids is 1. The van der Waals surface area contributed by atoms with Crippen molar-refractivity contribution < 1.29 is 14.6 Å². The highest BCUT2D eigenvalue weighted by Gasteiger charge is 2.22. The highest BCUT2D eigenvalue weighted by molar-refractivity contribution is 5.95. The first kappa shape index (κ1) is 23.2. The second kappa shape index (κ2) is 11.2. The van der Waals surface area contributed by atoms with E-state index in [0.29, 0.717) is 6.54 Å². The first-order valence-corrected chi connectivity index (χ1v) is 11.5. The van der Waals surface area contributed by atoms with Crippen LogP contribution < -0.4 is 15.0 Å². The average molecular weight is 459 g/mol. The van der Waals surface area contributed by atoms with Crippen molar-refractivity contribution in [1.82, 2.24) is 4.90 Å². The number of methoxy groups -OCH3 is 1. The second-order valence-corrected chi connectivity index (χ2v) is 8.09. The zero-order valence-corrected chi connectivity index (χ0v) is 19.4. The van der Waals surface area contributed by atoms with Crippen molar-refractivity contribution in [3.8, 4) is 5.75 Å². The fourth-order valence-electron chi connectivity index (χ4n) is 4.03. The van der Waals surface area contributed by atoms with Crippen LogP contribution in [0, 0.1) is 0 Å². The summed E-state index contributed by atoms with van der Waals surface area (Å²) >= 11 is 0. The molecule has 1 heterocycles. The lowest BCUT2D eigenvalue weighted by molar-refractivity contribution is 0.0697. The van der Waals surface area contributed by atoms with Crippen LogP contribution in [-0.2, 0) is 6.42 Å². The number of aliphatic imine (C=N–C) groups is 1. The molecule has 3 aromatic carbocycles. The van der Waals surface area contributed by atoms with Crippen molar-refractivity contribution in [1.29, 1.82) is 0 Å². The minimum atomic E-state index is -0.934. The molecule has 0 spiro atoms. The highest BCUT2D eigenvalue weighted by Crippen LogP contribution is 2.28. The predicted octanol–water partition coefficient (Wildman–Crippen LogP) is 4.23. The van der Waals surface area contributed by atoms with E-state index in [9.17, 15) is 9.90 Å². The van der Waals surface area contributed by atoms with Gasteiger partial charge in [0.15, 0.2) is 5.96 Å². The molecule has 0 aromatic heterocycles. The maximum absolute atomic E-state index is 11.2. The average Bonchev–Trinajstić information content (AvgIpc) is 2.89. The maximum Gasteiger partial charge on any atom is 0.335 e. The molecule has 1 saturated heterocycles. The van der Waals surface area contributed by atoms with E-state index in [1.54, 1.807) is 31.4 Å². The lowest BCUT2D eigenvalue weighted by atomic mass is 10.1. The smallest absolute Gasteiger partial charge is 0.335 e. The van der Waals surface area contributed by atoms with E-state index in [-0.39, 0.29) is 5.56 Å². The Hall–Kier alpha value is -4.00. The van der Waals surface area contributed by atoms with Gasteiger partial charge in [0.25, 0.3) is 0 Å². The lowest BCUT2D eigenvalue weighted by Crippen LogP contribution is -2.50. The van der Waals surface area contributed by atoms with Gasteiger partial charge in [0.2, 0.25) is 0 Å². The van der Waals surface area contributed by atoms with E-state index in [2.05, 4.69) is 33.3 Å². The summed E-state index contributed by atoms with van der Waals surface area (Å²) in [5.74, 6) is 0.749. The predicted molar refractivity (Wildman–Crippen MR) is 136 cm³/mol. The van der Waals surface area contributed by atoms with Crippen molar-refractivity contribution in [2.45, 2.75) is 6.42 Å². The van der Waals surface area contributed by atoms with Gasteiger partial charge in [-0.3, -0.25) is 4.99 Å². The molecule has 0 unspecified atom stereocenters. The van der Waals surface area contributed by atoms with Crippen molar-refractivity contribution in [3.63, 3.8) is 0 Å². The number of carbonyl (C=O) groups is 1. The molecule has 0 radical (unpaired) electrons. The Bertz CT molecular complexity index is 1110. The van der Waals surface area contributed by atoms with E-state index < -0.39 is 5.97 Å². The Labute approximate surface area is 200 Å². The molecular formula is C27H30N4O3. The van der Waals surface area contributed by atoms with Crippen LogP contribution in [0.5, 0.6) is 5.75 Å². The first-order chi connectivity index (χ1) is 16.6. The maximum atomic E-state index is 11.2. The molecule has 1 aliphatic rings. The summed E-state index contributed by atoms with van der Waals surface area (Å²) < 4.78 is 5.54. The molecule has 2 N–H and O–H groups in total. The number of hydrogen-bond acceptors (Lipinski definition) is 4. The number of hydrogen-bond donors (Lipinski definition) is 2. The van der Waals surface area contributed by atoms with Gasteiger partial charge in [0, 0.05) is 38.4 Å². The molecule has 7 heteroatoms. The number of rotatable bonds is 7. The van der Waals surface area contributed by atoms with Gasteiger partial charge in [-0.25, -0.2) is 4.79 Å². The molecule has 1 aliphatic heterocycles. The van der Waals surface area contributed by atoms with Gasteiger partial charge in [0.05, 0.1) is 18.4 Å². The highest BCUT2D eigenvalue weighted by atomic mass is 16.5. The number of nitrogens with one attached hydrogen (secondary N) is 1. The number of guanidine groups is 1. The first-order valence-electron chi connectivity index (χ1n) is 11.5. The van der Waals surface area contributed by atoms with Crippen LogP contribution >= 0.6 is 0 Å². The van der Waals surface area contributed by atoms with Crippen molar-refractivity contribution in [2.24, 2.45) is 4.99 Å². The van der Waals surface area contributed by atoms with E-state index in [4.69, 9.17) is 9.73 Å². The Balaban J connectivity index is 1.47. The minimum Gasteiger partial charge on any atom is -0.495 e. The normalized spacial score (nSPS) is 14.1. The minimum absolute atomic E-state index is 0.263. The van der Waals surface area contributed by atoms with Crippen LogP contribution in [-0.4, -0.2) is 61.8 Å². The van der Waals surface area contributed by atoms with Gasteiger partial charge >= 0.3 is 5.97 Å². The second-order valence-electron chi connectivity index (χ2n) is 8.09. The van der Waals surface area contributed by atoms with Crippen LogP contribution in [0.3, 0.4) is 0 Å². The van der Waals surface area contributed by atoms with Gasteiger partial charge in [-0.1, -0.05) is 42.5 Å². The molecule has 0 amide bonds. The van der Waals surface area contributed by atoms with Gasteiger partial charge in [0.1, 0.15) is 5.75 Å². The van der Waals surface area contributed by atoms with Crippen LogP contribution in [0.1, 0.15) is 15.9 Å². The SMILES string of the molecule is COc1ccccc1N1CCN(C(=NCCc2ccccc2)Nc2ccc(C(=O)O)cc2)CC1. The monoisotopic (exact) mass is 458 g/mol. The molecule has 0 aliphatic carbocycles. The third kappa shape index (κ3) is 5.86. The number of para-hydroxylation sites is 2. The Kier molecular flexibility index (Phi) is 7.65. The Morgan fingerprint density at radius 1 is 0.941 bits per heavy atom. The number of carboxylic acids is 1. The summed E-state index contributed by atoms with van der Waals surface area (Å²) in [6.07, 6.45) is 0.852. The number of carboxylic acid groups (broad SMARTS) is 1. The summed E-state index contributed by atoms with van der Waals surface area (Å²) in [6.45, 7) is 3.96. The molecule has 0 bridgehead atoms. The molecule has 34 heavy (non-hydrogen) atoms. The number of benzene rings is 3. The third-order valence-corrected chi connectivity index (χ3v) is 5.90. The van der Waals surface area contributed by atoms with Crippen molar-refractivity contribution in [2.75, 3.05) is 50.1 Å². The van der Waals surface area contributed by atoms with Gasteiger partial charge in [-0.2, -0.15) is 0 Å². The number of nitrogens with zero attached hydrogens (tertiary/aromatic N) is 3. The largest absolute Gasteiger partial charge is 0.495 e. The zero-order valence-electron chi connectivity index (χ0n) is 19.4. The zero-order chi connectivity index (χ0) is 23.8. The quantitative estimate of drug-likeness (QED) is 0.408. The molecule has 4 rings (SSSR count). The van der Waals surface area contributed by atoms with Crippen LogP contribution in [0.2, 0.25) is 0 Å². The Morgan fingerprint density at radius 2 is 1.62 bits per heavy atom. The fraction of sp³-hybridized carbons (Fsp3) is 0.259. The summed E-state index contributed by atoms with van der Waals surface area (Å²) in [4.78, 5) is 20.7. The summed E-state index contributed by atoms with van der Waals surface area (Å²) in [7, 11) is 1.70. The van der Waals surface area contributed by atoms with Gasteiger partial charge in [-0.15, -0.1) is 0 Å². The van der Waals surface area contributed by atoms with Crippen molar-refractivity contribution in [3.05, 3.63) is 90.0 Å². The van der Waals surface area contributed by atoms with E-state index in [0.717, 1.165) is 55.7 Å². The van der Waals surface area contributed by atoms with E-state index in [1.807, 2.05) is 36.4 Å². The van der Waals surface area contributed by atoms with Crippen LogP contribution in [0.25, 0.3) is 0 Å². The molecular weight excluding hydrogens is 428 g/mol. The molecule has 0 atom stereocenters. The Morgan fingerprint density at radius 3 is 2.29 bits per heavy atom. The molecule has 176 valence electrons. The molecule has 7 nitrogen and oxygen atoms in total. The van der Waals surface area contributed by atoms with Gasteiger partial charge < -0.3 is 25.0 Å². The van der Waals surface area contributed by atoms with E-state index >= 15 is 0 Å². The van der Waals surface area contributed by atoms with Gasteiger partial charge in [-0.05, 0) is 48.4 Å². The lowest BCUT2D eigenvalue weighted by Gasteiger charge is -2.38. The van der Waals surface area contributed by atoms with E-state index in [1.165, 1.54) is 5.56 Å². The third-order valence-electron chi connectivity index (χ3n) is 5.90. The number of ether oxygens (including phenoxy) is 1. The standard InChI is InChI=1S/C27H30N4O3/c1-34-25-10-6-5-9-24(25)30-17-19-31(20-18-30)27(28-16-15-21-7-3-2-4-8-21)29-23-13-11-22(12-14-23)26(32)33/h2-14H,15-20H2,1H3,(H,28,29)(H,32,33).